The molecule has 0 atom stereocenters. The van der Waals surface area contributed by atoms with Gasteiger partial charge in [-0.25, -0.2) is 9.67 Å². The minimum atomic E-state index is 0.701. The highest BCUT2D eigenvalue weighted by Crippen LogP contribution is 2.32. The summed E-state index contributed by atoms with van der Waals surface area (Å²) in [5, 5.41) is 13.3. The lowest BCUT2D eigenvalue weighted by molar-refractivity contribution is 0.414. The maximum absolute atomic E-state index is 5.21. The number of hydrogen-bond acceptors (Lipinski definition) is 6. The first-order chi connectivity index (χ1) is 13.5. The van der Waals surface area contributed by atoms with E-state index in [1.165, 1.54) is 5.56 Å². The molecule has 4 rings (SSSR count). The number of aryl methyl sites for hydroxylation is 2. The SMILES string of the molecule is COc1ccc(-n2ccc(-c3sc(NCc4cnn(C)c4C)nc3C)n2)cc1. The topological polar surface area (TPSA) is 69.8 Å². The van der Waals surface area contributed by atoms with E-state index in [1.54, 1.807) is 18.4 Å². The fourth-order valence-corrected chi connectivity index (χ4v) is 3.85. The molecule has 0 radical (unpaired) electrons. The zero-order valence-electron chi connectivity index (χ0n) is 16.3. The third kappa shape index (κ3) is 3.50. The van der Waals surface area contributed by atoms with Crippen LogP contribution in [0.15, 0.2) is 42.7 Å². The quantitative estimate of drug-likeness (QED) is 0.536. The zero-order chi connectivity index (χ0) is 19.7. The van der Waals surface area contributed by atoms with Gasteiger partial charge in [-0.3, -0.25) is 4.68 Å². The average Bonchev–Trinajstić information content (AvgIpc) is 3.41. The summed E-state index contributed by atoms with van der Waals surface area (Å²) in [5.41, 5.74) is 5.19. The van der Waals surface area contributed by atoms with Crippen molar-refractivity contribution in [3.63, 3.8) is 0 Å². The van der Waals surface area contributed by atoms with Gasteiger partial charge in [0, 0.05) is 31.0 Å². The monoisotopic (exact) mass is 394 g/mol. The molecule has 4 aromatic rings. The van der Waals surface area contributed by atoms with Gasteiger partial charge < -0.3 is 10.1 Å². The van der Waals surface area contributed by atoms with Gasteiger partial charge in [0.1, 0.15) is 11.4 Å². The number of ether oxygens (including phenoxy) is 1. The molecule has 0 saturated carbocycles. The molecule has 0 amide bonds. The molecule has 3 aromatic heterocycles. The van der Waals surface area contributed by atoms with Crippen LogP contribution in [0.4, 0.5) is 5.13 Å². The number of methoxy groups -OCH3 is 1. The van der Waals surface area contributed by atoms with Crippen molar-refractivity contribution in [3.05, 3.63) is 59.7 Å². The third-order valence-electron chi connectivity index (χ3n) is 4.72. The van der Waals surface area contributed by atoms with E-state index in [0.717, 1.165) is 38.5 Å². The lowest BCUT2D eigenvalue weighted by Crippen LogP contribution is -2.01. The van der Waals surface area contributed by atoms with Gasteiger partial charge in [-0.05, 0) is 44.2 Å². The summed E-state index contributed by atoms with van der Waals surface area (Å²) in [6.07, 6.45) is 3.85. The van der Waals surface area contributed by atoms with Crippen LogP contribution < -0.4 is 10.1 Å². The maximum atomic E-state index is 5.21. The van der Waals surface area contributed by atoms with E-state index in [0.29, 0.717) is 6.54 Å². The molecule has 144 valence electrons. The standard InChI is InChI=1S/C20H22N6OS/c1-13-19(28-20(23-13)21-11-15-12-22-25(3)14(15)2)18-9-10-26(24-18)16-5-7-17(27-4)8-6-16/h5-10,12H,11H2,1-4H3,(H,21,23). The van der Waals surface area contributed by atoms with Crippen LogP contribution in [-0.4, -0.2) is 31.7 Å². The van der Waals surface area contributed by atoms with Crippen molar-refractivity contribution in [3.8, 4) is 22.0 Å². The smallest absolute Gasteiger partial charge is 0.183 e. The number of benzene rings is 1. The van der Waals surface area contributed by atoms with Crippen LogP contribution in [0.1, 0.15) is 17.0 Å². The zero-order valence-corrected chi connectivity index (χ0v) is 17.1. The molecule has 0 fully saturated rings. The van der Waals surface area contributed by atoms with Crippen LogP contribution in [0.25, 0.3) is 16.3 Å². The minimum Gasteiger partial charge on any atom is -0.497 e. The highest BCUT2D eigenvalue weighted by Gasteiger charge is 2.13. The number of rotatable bonds is 6. The van der Waals surface area contributed by atoms with Gasteiger partial charge in [0.05, 0.1) is 29.6 Å². The molecule has 0 spiro atoms. The van der Waals surface area contributed by atoms with Crippen LogP contribution in [0.2, 0.25) is 0 Å². The molecule has 0 aliphatic rings. The predicted molar refractivity (Wildman–Crippen MR) is 111 cm³/mol. The molecule has 0 bridgehead atoms. The molecular weight excluding hydrogens is 372 g/mol. The summed E-state index contributed by atoms with van der Waals surface area (Å²) in [4.78, 5) is 5.72. The molecule has 7 nitrogen and oxygen atoms in total. The number of thiazole rings is 1. The van der Waals surface area contributed by atoms with Crippen molar-refractivity contribution in [2.75, 3.05) is 12.4 Å². The van der Waals surface area contributed by atoms with Crippen molar-refractivity contribution in [2.24, 2.45) is 7.05 Å². The summed E-state index contributed by atoms with van der Waals surface area (Å²) in [6, 6.07) is 9.84. The Morgan fingerprint density at radius 1 is 1.14 bits per heavy atom. The Labute approximate surface area is 167 Å². The molecule has 0 aliphatic carbocycles. The van der Waals surface area contributed by atoms with Crippen molar-refractivity contribution in [1.29, 1.82) is 0 Å². The third-order valence-corrected chi connectivity index (χ3v) is 5.86. The largest absolute Gasteiger partial charge is 0.497 e. The molecule has 1 N–H and O–H groups in total. The van der Waals surface area contributed by atoms with Gasteiger partial charge >= 0.3 is 0 Å². The molecule has 8 heteroatoms. The Kier molecular flexibility index (Phi) is 4.87. The van der Waals surface area contributed by atoms with Gasteiger partial charge in [0.25, 0.3) is 0 Å². The van der Waals surface area contributed by atoms with Crippen LogP contribution >= 0.6 is 11.3 Å². The maximum Gasteiger partial charge on any atom is 0.183 e. The Hall–Kier alpha value is -3.13. The van der Waals surface area contributed by atoms with E-state index in [-0.39, 0.29) is 0 Å². The van der Waals surface area contributed by atoms with E-state index in [2.05, 4.69) is 22.3 Å². The van der Waals surface area contributed by atoms with E-state index in [1.807, 2.05) is 66.1 Å². The van der Waals surface area contributed by atoms with Gasteiger partial charge in [0.2, 0.25) is 0 Å². The predicted octanol–water partition coefficient (Wildman–Crippen LogP) is 3.97. The van der Waals surface area contributed by atoms with Crippen molar-refractivity contribution in [2.45, 2.75) is 20.4 Å². The molecule has 0 aliphatic heterocycles. The first-order valence-corrected chi connectivity index (χ1v) is 9.76. The average molecular weight is 395 g/mol. The Bertz CT molecular complexity index is 1090. The fourth-order valence-electron chi connectivity index (χ4n) is 2.92. The number of nitrogens with one attached hydrogen (secondary N) is 1. The van der Waals surface area contributed by atoms with Gasteiger partial charge in [-0.1, -0.05) is 11.3 Å². The van der Waals surface area contributed by atoms with E-state index in [9.17, 15) is 0 Å². The molecule has 1 aromatic carbocycles. The second-order valence-corrected chi connectivity index (χ2v) is 7.51. The molecule has 0 unspecified atom stereocenters. The highest BCUT2D eigenvalue weighted by atomic mass is 32.1. The van der Waals surface area contributed by atoms with Crippen LogP contribution in [0.3, 0.4) is 0 Å². The van der Waals surface area contributed by atoms with Crippen molar-refractivity contribution >= 4 is 16.5 Å². The van der Waals surface area contributed by atoms with Gasteiger partial charge in [-0.15, -0.1) is 0 Å². The normalized spacial score (nSPS) is 11.0. The lowest BCUT2D eigenvalue weighted by atomic mass is 10.2. The summed E-state index contributed by atoms with van der Waals surface area (Å²) in [6.45, 7) is 4.78. The Morgan fingerprint density at radius 3 is 2.61 bits per heavy atom. The lowest BCUT2D eigenvalue weighted by Gasteiger charge is -2.03. The number of aromatic nitrogens is 5. The summed E-state index contributed by atoms with van der Waals surface area (Å²) < 4.78 is 8.95. The van der Waals surface area contributed by atoms with Gasteiger partial charge in [-0.2, -0.15) is 10.2 Å². The molecule has 28 heavy (non-hydrogen) atoms. The van der Waals surface area contributed by atoms with E-state index >= 15 is 0 Å². The molecule has 0 saturated heterocycles. The number of nitrogens with zero attached hydrogens (tertiary/aromatic N) is 5. The number of anilines is 1. The van der Waals surface area contributed by atoms with Crippen LogP contribution in [-0.2, 0) is 13.6 Å². The fraction of sp³-hybridized carbons (Fsp3) is 0.250. The highest BCUT2D eigenvalue weighted by molar-refractivity contribution is 7.19. The number of hydrogen-bond donors (Lipinski definition) is 1. The first-order valence-electron chi connectivity index (χ1n) is 8.94. The first kappa shape index (κ1) is 18.2. The van der Waals surface area contributed by atoms with Crippen molar-refractivity contribution < 1.29 is 4.74 Å². The van der Waals surface area contributed by atoms with Crippen LogP contribution in [0, 0.1) is 13.8 Å². The Balaban J connectivity index is 1.52. The second-order valence-electron chi connectivity index (χ2n) is 6.51. The minimum absolute atomic E-state index is 0.701. The summed E-state index contributed by atoms with van der Waals surface area (Å²) in [7, 11) is 3.61. The molecular formula is C20H22N6OS. The molecule has 3 heterocycles. The van der Waals surface area contributed by atoms with E-state index in [4.69, 9.17) is 9.84 Å². The van der Waals surface area contributed by atoms with Crippen molar-refractivity contribution in [1.82, 2.24) is 24.5 Å². The van der Waals surface area contributed by atoms with Crippen LogP contribution in [0.5, 0.6) is 5.75 Å². The van der Waals surface area contributed by atoms with E-state index < -0.39 is 0 Å². The summed E-state index contributed by atoms with van der Waals surface area (Å²) >= 11 is 1.61. The summed E-state index contributed by atoms with van der Waals surface area (Å²) in [5.74, 6) is 0.828. The van der Waals surface area contributed by atoms with Gasteiger partial charge in [0.15, 0.2) is 5.13 Å². The Morgan fingerprint density at radius 2 is 1.93 bits per heavy atom. The second kappa shape index (κ2) is 7.47.